The molecular weight excluding hydrogens is 302 g/mol. The van der Waals surface area contributed by atoms with Crippen molar-refractivity contribution < 1.29 is 14.2 Å². The molecule has 0 bridgehead atoms. The Kier molecular flexibility index (Phi) is 5.51. The Balaban J connectivity index is 1.55. The van der Waals surface area contributed by atoms with Gasteiger partial charge in [0.1, 0.15) is 5.75 Å². The largest absolute Gasteiger partial charge is 0.494 e. The Morgan fingerprint density at radius 3 is 2.42 bits per heavy atom. The molecule has 0 unspecified atom stereocenters. The molecule has 24 heavy (non-hydrogen) atoms. The van der Waals surface area contributed by atoms with Gasteiger partial charge in [0, 0.05) is 18.7 Å². The third-order valence-electron chi connectivity index (χ3n) is 4.18. The predicted molar refractivity (Wildman–Crippen MR) is 93.9 cm³/mol. The van der Waals surface area contributed by atoms with Crippen molar-refractivity contribution in [3.8, 4) is 5.75 Å². The Morgan fingerprint density at radius 2 is 1.71 bits per heavy atom. The van der Waals surface area contributed by atoms with E-state index in [1.807, 2.05) is 26.0 Å². The molecule has 4 heteroatoms. The lowest BCUT2D eigenvalue weighted by molar-refractivity contribution is -0.149. The van der Waals surface area contributed by atoms with E-state index in [1.54, 1.807) is 0 Å². The van der Waals surface area contributed by atoms with Gasteiger partial charge in [-0.2, -0.15) is 0 Å². The maximum absolute atomic E-state index is 5.73. The van der Waals surface area contributed by atoms with E-state index < -0.39 is 5.79 Å². The first-order valence-corrected chi connectivity index (χ1v) is 8.49. The monoisotopic (exact) mass is 327 g/mol. The van der Waals surface area contributed by atoms with Crippen LogP contribution in [0.5, 0.6) is 5.75 Å². The SMILES string of the molecule is CCOc1ccc(CNCc2cccc(C3(C)OCCO3)c2)cc1. The minimum atomic E-state index is -0.606. The molecule has 0 amide bonds. The summed E-state index contributed by atoms with van der Waals surface area (Å²) in [5, 5.41) is 3.48. The van der Waals surface area contributed by atoms with Gasteiger partial charge in [-0.1, -0.05) is 30.3 Å². The van der Waals surface area contributed by atoms with Gasteiger partial charge in [-0.15, -0.1) is 0 Å². The smallest absolute Gasteiger partial charge is 0.192 e. The lowest BCUT2D eigenvalue weighted by Crippen LogP contribution is -2.23. The Morgan fingerprint density at radius 1 is 1.00 bits per heavy atom. The van der Waals surface area contributed by atoms with Crippen LogP contribution in [-0.4, -0.2) is 19.8 Å². The van der Waals surface area contributed by atoms with Crippen LogP contribution in [0.2, 0.25) is 0 Å². The van der Waals surface area contributed by atoms with Gasteiger partial charge >= 0.3 is 0 Å². The van der Waals surface area contributed by atoms with Crippen LogP contribution in [0, 0.1) is 0 Å². The van der Waals surface area contributed by atoms with Gasteiger partial charge in [-0.05, 0) is 43.2 Å². The number of rotatable bonds is 7. The number of benzene rings is 2. The van der Waals surface area contributed by atoms with E-state index in [9.17, 15) is 0 Å². The van der Waals surface area contributed by atoms with Crippen molar-refractivity contribution in [1.82, 2.24) is 5.32 Å². The van der Waals surface area contributed by atoms with Gasteiger partial charge < -0.3 is 19.5 Å². The minimum Gasteiger partial charge on any atom is -0.494 e. The first kappa shape index (κ1) is 17.0. The first-order chi connectivity index (χ1) is 11.7. The second-order valence-corrected chi connectivity index (χ2v) is 6.02. The standard InChI is InChI=1S/C20H25NO3/c1-3-22-19-9-7-16(8-10-19)14-21-15-17-5-4-6-18(13-17)20(2)23-11-12-24-20/h4-10,13,21H,3,11-12,14-15H2,1-2H3. The van der Waals surface area contributed by atoms with Crippen molar-refractivity contribution in [1.29, 1.82) is 0 Å². The molecule has 1 heterocycles. The lowest BCUT2D eigenvalue weighted by atomic mass is 10.0. The second-order valence-electron chi connectivity index (χ2n) is 6.02. The minimum absolute atomic E-state index is 0.606. The molecule has 0 spiro atoms. The Labute approximate surface area is 143 Å². The number of hydrogen-bond acceptors (Lipinski definition) is 4. The third-order valence-corrected chi connectivity index (χ3v) is 4.18. The van der Waals surface area contributed by atoms with Crippen LogP contribution in [0.15, 0.2) is 48.5 Å². The average molecular weight is 327 g/mol. The van der Waals surface area contributed by atoms with Crippen molar-refractivity contribution >= 4 is 0 Å². The fourth-order valence-electron chi connectivity index (χ4n) is 2.87. The summed E-state index contributed by atoms with van der Waals surface area (Å²) < 4.78 is 16.9. The molecule has 0 aliphatic carbocycles. The second kappa shape index (κ2) is 7.79. The fraction of sp³-hybridized carbons (Fsp3) is 0.400. The van der Waals surface area contributed by atoms with E-state index in [4.69, 9.17) is 14.2 Å². The molecule has 1 fully saturated rings. The van der Waals surface area contributed by atoms with Crippen LogP contribution < -0.4 is 10.1 Å². The molecule has 2 aromatic rings. The molecule has 1 saturated heterocycles. The molecule has 2 aromatic carbocycles. The van der Waals surface area contributed by atoms with Crippen molar-refractivity contribution in [2.24, 2.45) is 0 Å². The molecule has 3 rings (SSSR count). The van der Waals surface area contributed by atoms with E-state index in [-0.39, 0.29) is 0 Å². The summed E-state index contributed by atoms with van der Waals surface area (Å²) in [6, 6.07) is 16.6. The first-order valence-electron chi connectivity index (χ1n) is 8.49. The van der Waals surface area contributed by atoms with Crippen LogP contribution in [0.3, 0.4) is 0 Å². The van der Waals surface area contributed by atoms with E-state index >= 15 is 0 Å². The molecule has 1 aliphatic rings. The van der Waals surface area contributed by atoms with Crippen molar-refractivity contribution in [3.05, 3.63) is 65.2 Å². The van der Waals surface area contributed by atoms with E-state index in [1.165, 1.54) is 11.1 Å². The number of hydrogen-bond donors (Lipinski definition) is 1. The predicted octanol–water partition coefficient (Wildman–Crippen LogP) is 3.59. The molecular formula is C20H25NO3. The highest BCUT2D eigenvalue weighted by molar-refractivity contribution is 5.28. The zero-order chi connectivity index (χ0) is 16.8. The topological polar surface area (TPSA) is 39.7 Å². The zero-order valence-corrected chi connectivity index (χ0v) is 14.4. The Bertz CT molecular complexity index is 648. The van der Waals surface area contributed by atoms with E-state index in [0.29, 0.717) is 19.8 Å². The summed E-state index contributed by atoms with van der Waals surface area (Å²) in [5.41, 5.74) is 3.53. The molecule has 128 valence electrons. The van der Waals surface area contributed by atoms with Crippen LogP contribution >= 0.6 is 0 Å². The van der Waals surface area contributed by atoms with Gasteiger partial charge in [0.15, 0.2) is 5.79 Å². The summed E-state index contributed by atoms with van der Waals surface area (Å²) in [6.07, 6.45) is 0. The summed E-state index contributed by atoms with van der Waals surface area (Å²) in [5.74, 6) is 0.309. The maximum Gasteiger partial charge on any atom is 0.192 e. The highest BCUT2D eigenvalue weighted by atomic mass is 16.7. The highest BCUT2D eigenvalue weighted by Gasteiger charge is 2.32. The maximum atomic E-state index is 5.73. The molecule has 0 saturated carbocycles. The third kappa shape index (κ3) is 4.15. The summed E-state index contributed by atoms with van der Waals surface area (Å²) >= 11 is 0. The lowest BCUT2D eigenvalue weighted by Gasteiger charge is -2.23. The van der Waals surface area contributed by atoms with E-state index in [2.05, 4.69) is 41.7 Å². The average Bonchev–Trinajstić information content (AvgIpc) is 3.05. The number of nitrogens with one attached hydrogen (secondary N) is 1. The fourth-order valence-corrected chi connectivity index (χ4v) is 2.87. The van der Waals surface area contributed by atoms with Crippen LogP contribution in [0.4, 0.5) is 0 Å². The molecule has 1 aliphatic heterocycles. The molecule has 0 radical (unpaired) electrons. The molecule has 0 aromatic heterocycles. The zero-order valence-electron chi connectivity index (χ0n) is 14.4. The van der Waals surface area contributed by atoms with E-state index in [0.717, 1.165) is 24.4 Å². The summed E-state index contributed by atoms with van der Waals surface area (Å²) in [4.78, 5) is 0. The van der Waals surface area contributed by atoms with Gasteiger partial charge in [0.25, 0.3) is 0 Å². The summed E-state index contributed by atoms with van der Waals surface area (Å²) in [7, 11) is 0. The summed E-state index contributed by atoms with van der Waals surface area (Å²) in [6.45, 7) is 7.59. The van der Waals surface area contributed by atoms with Crippen LogP contribution in [0.25, 0.3) is 0 Å². The molecule has 4 nitrogen and oxygen atoms in total. The Hall–Kier alpha value is -1.88. The van der Waals surface area contributed by atoms with Gasteiger partial charge in [0.2, 0.25) is 0 Å². The van der Waals surface area contributed by atoms with Crippen molar-refractivity contribution in [3.63, 3.8) is 0 Å². The van der Waals surface area contributed by atoms with Gasteiger partial charge in [-0.3, -0.25) is 0 Å². The quantitative estimate of drug-likeness (QED) is 0.843. The van der Waals surface area contributed by atoms with Crippen LogP contribution in [0.1, 0.15) is 30.5 Å². The van der Waals surface area contributed by atoms with Gasteiger partial charge in [-0.25, -0.2) is 0 Å². The van der Waals surface area contributed by atoms with Crippen LogP contribution in [-0.2, 0) is 28.4 Å². The van der Waals surface area contributed by atoms with Crippen molar-refractivity contribution in [2.75, 3.05) is 19.8 Å². The molecule has 1 N–H and O–H groups in total. The van der Waals surface area contributed by atoms with Crippen molar-refractivity contribution in [2.45, 2.75) is 32.7 Å². The molecule has 0 atom stereocenters. The van der Waals surface area contributed by atoms with Gasteiger partial charge in [0.05, 0.1) is 19.8 Å². The highest BCUT2D eigenvalue weighted by Crippen LogP contribution is 2.31. The number of ether oxygens (including phenoxy) is 3. The normalized spacial score (nSPS) is 16.2.